The predicted molar refractivity (Wildman–Crippen MR) is 88.4 cm³/mol. The van der Waals surface area contributed by atoms with Crippen LogP contribution in [0.4, 0.5) is 11.6 Å². The SMILES string of the molecule is CCNc1cc(NCc2cccc(Br)c2)nc(COC)n1. The van der Waals surface area contributed by atoms with E-state index in [2.05, 4.69) is 48.7 Å². The third kappa shape index (κ3) is 4.99. The zero-order chi connectivity index (χ0) is 15.1. The number of methoxy groups -OCH3 is 1. The first-order valence-electron chi connectivity index (χ1n) is 6.80. The number of benzene rings is 1. The van der Waals surface area contributed by atoms with Gasteiger partial charge in [0.1, 0.15) is 18.2 Å². The van der Waals surface area contributed by atoms with Crippen LogP contribution in [0.25, 0.3) is 0 Å². The molecular weight excluding hydrogens is 332 g/mol. The minimum absolute atomic E-state index is 0.394. The van der Waals surface area contributed by atoms with Crippen molar-refractivity contribution < 1.29 is 4.74 Å². The first-order chi connectivity index (χ1) is 10.2. The molecule has 0 amide bonds. The molecule has 5 nitrogen and oxygen atoms in total. The second kappa shape index (κ2) is 7.95. The summed E-state index contributed by atoms with van der Waals surface area (Å²) in [5.74, 6) is 2.25. The highest BCUT2D eigenvalue weighted by molar-refractivity contribution is 9.10. The summed E-state index contributed by atoms with van der Waals surface area (Å²) in [6.45, 7) is 3.94. The maximum Gasteiger partial charge on any atom is 0.158 e. The van der Waals surface area contributed by atoms with Crippen molar-refractivity contribution in [3.05, 3.63) is 46.2 Å². The van der Waals surface area contributed by atoms with Crippen molar-refractivity contribution in [3.63, 3.8) is 0 Å². The van der Waals surface area contributed by atoms with Crippen LogP contribution >= 0.6 is 15.9 Å². The minimum Gasteiger partial charge on any atom is -0.377 e. The van der Waals surface area contributed by atoms with E-state index in [1.807, 2.05) is 25.1 Å². The van der Waals surface area contributed by atoms with Crippen molar-refractivity contribution in [2.45, 2.75) is 20.1 Å². The van der Waals surface area contributed by atoms with Gasteiger partial charge in [-0.05, 0) is 24.6 Å². The summed E-state index contributed by atoms with van der Waals surface area (Å²) >= 11 is 3.47. The molecule has 0 aliphatic carbocycles. The van der Waals surface area contributed by atoms with E-state index in [4.69, 9.17) is 4.74 Å². The summed E-state index contributed by atoms with van der Waals surface area (Å²) in [4.78, 5) is 8.83. The van der Waals surface area contributed by atoms with Gasteiger partial charge >= 0.3 is 0 Å². The Kier molecular flexibility index (Phi) is 5.95. The van der Waals surface area contributed by atoms with Gasteiger partial charge in [-0.2, -0.15) is 0 Å². The van der Waals surface area contributed by atoms with Crippen molar-refractivity contribution in [1.29, 1.82) is 0 Å². The number of nitrogens with one attached hydrogen (secondary N) is 2. The predicted octanol–water partition coefficient (Wildman–Crippen LogP) is 3.43. The molecular formula is C15H19BrN4O. The van der Waals surface area contributed by atoms with Gasteiger partial charge < -0.3 is 15.4 Å². The molecule has 6 heteroatoms. The smallest absolute Gasteiger partial charge is 0.158 e. The molecule has 112 valence electrons. The van der Waals surface area contributed by atoms with Crippen molar-refractivity contribution in [1.82, 2.24) is 9.97 Å². The van der Waals surface area contributed by atoms with E-state index in [9.17, 15) is 0 Å². The highest BCUT2D eigenvalue weighted by Gasteiger charge is 2.04. The molecule has 0 bridgehead atoms. The maximum atomic E-state index is 5.11. The second-order valence-corrected chi connectivity index (χ2v) is 5.42. The number of halogens is 1. The second-order valence-electron chi connectivity index (χ2n) is 4.50. The molecule has 0 aliphatic rings. The van der Waals surface area contributed by atoms with E-state index >= 15 is 0 Å². The Labute approximate surface area is 133 Å². The molecule has 0 unspecified atom stereocenters. The fourth-order valence-corrected chi connectivity index (χ4v) is 2.34. The number of ether oxygens (including phenoxy) is 1. The van der Waals surface area contributed by atoms with Gasteiger partial charge in [-0.15, -0.1) is 0 Å². The third-order valence-corrected chi connectivity index (χ3v) is 3.26. The quantitative estimate of drug-likeness (QED) is 0.800. The van der Waals surface area contributed by atoms with Gasteiger partial charge in [0, 0.05) is 30.7 Å². The fraction of sp³-hybridized carbons (Fsp3) is 0.333. The van der Waals surface area contributed by atoms with Gasteiger partial charge in [-0.25, -0.2) is 9.97 Å². The Morgan fingerprint density at radius 2 is 1.90 bits per heavy atom. The number of rotatable bonds is 7. The van der Waals surface area contributed by atoms with Gasteiger partial charge in [0.25, 0.3) is 0 Å². The third-order valence-electron chi connectivity index (χ3n) is 2.77. The van der Waals surface area contributed by atoms with Gasteiger partial charge in [0.05, 0.1) is 0 Å². The normalized spacial score (nSPS) is 10.4. The highest BCUT2D eigenvalue weighted by atomic mass is 79.9. The van der Waals surface area contributed by atoms with Crippen LogP contribution in [0, 0.1) is 0 Å². The van der Waals surface area contributed by atoms with E-state index in [1.54, 1.807) is 7.11 Å². The summed E-state index contributed by atoms with van der Waals surface area (Å²) in [5, 5.41) is 6.52. The Morgan fingerprint density at radius 3 is 2.57 bits per heavy atom. The zero-order valence-corrected chi connectivity index (χ0v) is 13.8. The van der Waals surface area contributed by atoms with Crippen molar-refractivity contribution in [3.8, 4) is 0 Å². The molecule has 0 spiro atoms. The average molecular weight is 351 g/mol. The van der Waals surface area contributed by atoms with Crippen LogP contribution in [-0.2, 0) is 17.9 Å². The molecule has 1 heterocycles. The molecule has 21 heavy (non-hydrogen) atoms. The first-order valence-corrected chi connectivity index (χ1v) is 7.59. The van der Waals surface area contributed by atoms with Gasteiger partial charge in [-0.3, -0.25) is 0 Å². The van der Waals surface area contributed by atoms with Gasteiger partial charge in [-0.1, -0.05) is 28.1 Å². The lowest BCUT2D eigenvalue weighted by atomic mass is 10.2. The summed E-state index contributed by atoms with van der Waals surface area (Å²) in [6, 6.07) is 10.1. The standard InChI is InChI=1S/C15H19BrN4O/c1-3-17-13-8-14(20-15(19-13)10-21-2)18-9-11-5-4-6-12(16)7-11/h4-8H,3,9-10H2,1-2H3,(H2,17,18,19,20). The molecule has 0 atom stereocenters. The largest absolute Gasteiger partial charge is 0.377 e. The molecule has 2 N–H and O–H groups in total. The van der Waals surface area contributed by atoms with Crippen molar-refractivity contribution >= 4 is 27.6 Å². The average Bonchev–Trinajstić information content (AvgIpc) is 2.46. The Balaban J connectivity index is 2.10. The van der Waals surface area contributed by atoms with Crippen LogP contribution in [0.5, 0.6) is 0 Å². The fourth-order valence-electron chi connectivity index (χ4n) is 1.89. The topological polar surface area (TPSA) is 59.1 Å². The summed E-state index contributed by atoms with van der Waals surface area (Å²) < 4.78 is 6.18. The van der Waals surface area contributed by atoms with E-state index < -0.39 is 0 Å². The van der Waals surface area contributed by atoms with E-state index in [0.29, 0.717) is 19.0 Å². The molecule has 2 rings (SSSR count). The number of anilines is 2. The first kappa shape index (κ1) is 15.7. The molecule has 0 saturated carbocycles. The minimum atomic E-state index is 0.394. The monoisotopic (exact) mass is 350 g/mol. The van der Waals surface area contributed by atoms with Crippen LogP contribution in [0.1, 0.15) is 18.3 Å². The van der Waals surface area contributed by atoms with Crippen molar-refractivity contribution in [2.75, 3.05) is 24.3 Å². The van der Waals surface area contributed by atoms with E-state index in [0.717, 1.165) is 22.7 Å². The molecule has 0 saturated heterocycles. The Morgan fingerprint density at radius 1 is 1.14 bits per heavy atom. The molecule has 1 aromatic heterocycles. The number of aromatic nitrogens is 2. The lowest BCUT2D eigenvalue weighted by molar-refractivity contribution is 0.178. The van der Waals surface area contributed by atoms with E-state index in [1.165, 1.54) is 5.56 Å². The lowest BCUT2D eigenvalue weighted by Crippen LogP contribution is -2.08. The Bertz CT molecular complexity index is 567. The molecule has 0 aliphatic heterocycles. The number of hydrogen-bond donors (Lipinski definition) is 2. The van der Waals surface area contributed by atoms with Crippen LogP contribution < -0.4 is 10.6 Å². The molecule has 0 radical (unpaired) electrons. The zero-order valence-electron chi connectivity index (χ0n) is 12.2. The summed E-state index contributed by atoms with van der Waals surface area (Å²) in [7, 11) is 1.64. The summed E-state index contributed by atoms with van der Waals surface area (Å²) in [5.41, 5.74) is 1.18. The highest BCUT2D eigenvalue weighted by Crippen LogP contribution is 2.15. The van der Waals surface area contributed by atoms with Crippen LogP contribution in [-0.4, -0.2) is 23.6 Å². The summed E-state index contributed by atoms with van der Waals surface area (Å²) in [6.07, 6.45) is 0. The number of nitrogens with zero attached hydrogens (tertiary/aromatic N) is 2. The van der Waals surface area contributed by atoms with Crippen LogP contribution in [0.3, 0.4) is 0 Å². The van der Waals surface area contributed by atoms with Crippen molar-refractivity contribution in [2.24, 2.45) is 0 Å². The maximum absolute atomic E-state index is 5.11. The molecule has 0 fully saturated rings. The molecule has 2 aromatic rings. The van der Waals surface area contributed by atoms with E-state index in [-0.39, 0.29) is 0 Å². The van der Waals surface area contributed by atoms with Gasteiger partial charge in [0.15, 0.2) is 5.82 Å². The van der Waals surface area contributed by atoms with Crippen LogP contribution in [0.2, 0.25) is 0 Å². The lowest BCUT2D eigenvalue weighted by Gasteiger charge is -2.10. The molecule has 1 aromatic carbocycles. The number of hydrogen-bond acceptors (Lipinski definition) is 5. The Hall–Kier alpha value is -1.66. The van der Waals surface area contributed by atoms with Crippen LogP contribution in [0.15, 0.2) is 34.8 Å². The van der Waals surface area contributed by atoms with Gasteiger partial charge in [0.2, 0.25) is 0 Å².